The molecule has 0 fully saturated rings. The number of aromatic nitrogens is 3. The first kappa shape index (κ1) is 19.7. The Hall–Kier alpha value is -3.61. The molecule has 30 heavy (non-hydrogen) atoms. The summed E-state index contributed by atoms with van der Waals surface area (Å²) in [6, 6.07) is 15.4. The second-order valence-corrected chi connectivity index (χ2v) is 7.07. The van der Waals surface area contributed by atoms with Gasteiger partial charge in [0.05, 0.1) is 7.11 Å². The summed E-state index contributed by atoms with van der Waals surface area (Å²) in [5.74, 6) is 1.60. The summed E-state index contributed by atoms with van der Waals surface area (Å²) < 4.78 is 12.7. The molecule has 7 nitrogen and oxygen atoms in total. The zero-order valence-electron chi connectivity index (χ0n) is 17.1. The van der Waals surface area contributed by atoms with Crippen molar-refractivity contribution in [3.05, 3.63) is 60.6 Å². The number of anilines is 1. The lowest BCUT2D eigenvalue weighted by atomic mass is 10.2. The first-order valence-electron chi connectivity index (χ1n) is 10.0. The highest BCUT2D eigenvalue weighted by Gasteiger charge is 2.11. The zero-order chi connectivity index (χ0) is 20.9. The van der Waals surface area contributed by atoms with E-state index in [1.807, 2.05) is 42.5 Å². The van der Waals surface area contributed by atoms with Crippen LogP contribution in [0.5, 0.6) is 5.75 Å². The molecule has 0 bridgehead atoms. The number of hydrogen-bond acceptors (Lipinski definition) is 5. The molecule has 0 aliphatic rings. The van der Waals surface area contributed by atoms with Crippen LogP contribution in [-0.2, 0) is 17.8 Å². The Kier molecular flexibility index (Phi) is 5.79. The van der Waals surface area contributed by atoms with E-state index in [9.17, 15) is 4.79 Å². The Morgan fingerprint density at radius 1 is 1.17 bits per heavy atom. The molecule has 0 saturated carbocycles. The highest BCUT2D eigenvalue weighted by Crippen LogP contribution is 2.22. The van der Waals surface area contributed by atoms with Crippen LogP contribution in [0.25, 0.3) is 22.3 Å². The van der Waals surface area contributed by atoms with Gasteiger partial charge in [0, 0.05) is 47.7 Å². The number of carbonyl (C=O) groups excluding carboxylic acids is 1. The first-order valence-corrected chi connectivity index (χ1v) is 10.0. The molecule has 2 aromatic heterocycles. The molecule has 0 aliphatic heterocycles. The van der Waals surface area contributed by atoms with Crippen LogP contribution in [0.2, 0.25) is 0 Å². The van der Waals surface area contributed by atoms with E-state index >= 15 is 0 Å². The Morgan fingerprint density at radius 2 is 2.00 bits per heavy atom. The van der Waals surface area contributed by atoms with Gasteiger partial charge in [-0.25, -0.2) is 0 Å². The van der Waals surface area contributed by atoms with E-state index in [1.54, 1.807) is 7.11 Å². The monoisotopic (exact) mass is 404 g/mol. The standard InChI is InChI=1S/C23H24N4O3/c1-3-13-27-14-12-17-15-18(6-9-20(17)27)24-21(28)10-11-22-25-23(26-30-22)16-4-7-19(29-2)8-5-16/h4-9,12,14-15H,3,10-11,13H2,1-2H3,(H,24,28). The van der Waals surface area contributed by atoms with Crippen LogP contribution in [-0.4, -0.2) is 27.7 Å². The highest BCUT2D eigenvalue weighted by molar-refractivity contribution is 5.94. The molecule has 4 rings (SSSR count). The summed E-state index contributed by atoms with van der Waals surface area (Å²) in [5, 5.41) is 8.05. The summed E-state index contributed by atoms with van der Waals surface area (Å²) in [5.41, 5.74) is 2.79. The molecule has 7 heteroatoms. The highest BCUT2D eigenvalue weighted by atomic mass is 16.5. The summed E-state index contributed by atoms with van der Waals surface area (Å²) in [6.45, 7) is 3.14. The van der Waals surface area contributed by atoms with E-state index in [4.69, 9.17) is 9.26 Å². The minimum absolute atomic E-state index is 0.0912. The quantitative estimate of drug-likeness (QED) is 0.461. The van der Waals surface area contributed by atoms with Gasteiger partial charge >= 0.3 is 0 Å². The first-order chi connectivity index (χ1) is 14.7. The van der Waals surface area contributed by atoms with Gasteiger partial charge < -0.3 is 19.1 Å². The number of fused-ring (bicyclic) bond motifs is 1. The molecule has 0 atom stereocenters. The van der Waals surface area contributed by atoms with Crippen LogP contribution >= 0.6 is 0 Å². The van der Waals surface area contributed by atoms with Gasteiger partial charge in [-0.1, -0.05) is 12.1 Å². The third kappa shape index (κ3) is 4.35. The fourth-order valence-corrected chi connectivity index (χ4v) is 3.37. The second-order valence-electron chi connectivity index (χ2n) is 7.07. The third-order valence-electron chi connectivity index (χ3n) is 4.90. The Balaban J connectivity index is 1.34. The molecule has 1 amide bonds. The van der Waals surface area contributed by atoms with Gasteiger partial charge in [-0.15, -0.1) is 0 Å². The Bertz CT molecular complexity index is 1140. The number of rotatable bonds is 8. The lowest BCUT2D eigenvalue weighted by molar-refractivity contribution is -0.116. The molecule has 154 valence electrons. The van der Waals surface area contributed by atoms with Gasteiger partial charge in [0.2, 0.25) is 17.6 Å². The molecule has 0 saturated heterocycles. The van der Waals surface area contributed by atoms with Gasteiger partial charge in [-0.05, 0) is 55.0 Å². The molecule has 0 unspecified atom stereocenters. The predicted molar refractivity (Wildman–Crippen MR) is 115 cm³/mol. The number of ether oxygens (including phenoxy) is 1. The molecule has 0 spiro atoms. The number of nitrogens with zero attached hydrogens (tertiary/aromatic N) is 3. The predicted octanol–water partition coefficient (Wildman–Crippen LogP) is 4.68. The normalized spacial score (nSPS) is 11.0. The van der Waals surface area contributed by atoms with Crippen LogP contribution in [0.4, 0.5) is 5.69 Å². The number of amides is 1. The maximum Gasteiger partial charge on any atom is 0.227 e. The topological polar surface area (TPSA) is 82.2 Å². The molecule has 4 aromatic rings. The average Bonchev–Trinajstić information content (AvgIpc) is 3.40. The van der Waals surface area contributed by atoms with Crippen molar-refractivity contribution in [3.63, 3.8) is 0 Å². The van der Waals surface area contributed by atoms with Crippen molar-refractivity contribution >= 4 is 22.5 Å². The minimum Gasteiger partial charge on any atom is -0.497 e. The van der Waals surface area contributed by atoms with Gasteiger partial charge in [-0.2, -0.15) is 4.98 Å². The van der Waals surface area contributed by atoms with Crippen molar-refractivity contribution in [2.45, 2.75) is 32.7 Å². The molecule has 2 aromatic carbocycles. The SMILES string of the molecule is CCCn1ccc2cc(NC(=O)CCc3nc(-c4ccc(OC)cc4)no3)ccc21. The van der Waals surface area contributed by atoms with Crippen LogP contribution in [0.15, 0.2) is 59.3 Å². The number of nitrogens with one attached hydrogen (secondary N) is 1. The smallest absolute Gasteiger partial charge is 0.227 e. The van der Waals surface area contributed by atoms with Crippen molar-refractivity contribution in [3.8, 4) is 17.1 Å². The van der Waals surface area contributed by atoms with E-state index in [2.05, 4.69) is 39.2 Å². The molecule has 0 aliphatic carbocycles. The fourth-order valence-electron chi connectivity index (χ4n) is 3.37. The second kappa shape index (κ2) is 8.82. The molecule has 0 radical (unpaired) electrons. The molecule has 2 heterocycles. The van der Waals surface area contributed by atoms with Crippen molar-refractivity contribution < 1.29 is 14.1 Å². The number of aryl methyl sites for hydroxylation is 2. The van der Waals surface area contributed by atoms with Gasteiger partial charge in [0.25, 0.3) is 0 Å². The summed E-state index contributed by atoms with van der Waals surface area (Å²) in [7, 11) is 1.62. The molecular weight excluding hydrogens is 380 g/mol. The van der Waals surface area contributed by atoms with E-state index < -0.39 is 0 Å². The van der Waals surface area contributed by atoms with Crippen molar-refractivity contribution in [1.29, 1.82) is 0 Å². The van der Waals surface area contributed by atoms with E-state index in [0.29, 0.717) is 18.1 Å². The third-order valence-corrected chi connectivity index (χ3v) is 4.90. The number of carbonyl (C=O) groups is 1. The number of hydrogen-bond donors (Lipinski definition) is 1. The summed E-state index contributed by atoms with van der Waals surface area (Å²) in [6.07, 6.45) is 3.80. The van der Waals surface area contributed by atoms with Gasteiger partial charge in [-0.3, -0.25) is 4.79 Å². The maximum absolute atomic E-state index is 12.4. The number of methoxy groups -OCH3 is 1. The van der Waals surface area contributed by atoms with E-state index in [0.717, 1.165) is 35.4 Å². The van der Waals surface area contributed by atoms with Crippen molar-refractivity contribution in [2.75, 3.05) is 12.4 Å². The molecule has 1 N–H and O–H groups in total. The lowest BCUT2D eigenvalue weighted by Gasteiger charge is -2.06. The summed E-state index contributed by atoms with van der Waals surface area (Å²) in [4.78, 5) is 16.7. The zero-order valence-corrected chi connectivity index (χ0v) is 17.1. The van der Waals surface area contributed by atoms with Crippen molar-refractivity contribution in [1.82, 2.24) is 14.7 Å². The van der Waals surface area contributed by atoms with Crippen LogP contribution < -0.4 is 10.1 Å². The number of benzene rings is 2. The maximum atomic E-state index is 12.4. The van der Waals surface area contributed by atoms with E-state index in [-0.39, 0.29) is 12.3 Å². The lowest BCUT2D eigenvalue weighted by Crippen LogP contribution is -2.12. The van der Waals surface area contributed by atoms with E-state index in [1.165, 1.54) is 5.52 Å². The van der Waals surface area contributed by atoms with Crippen LogP contribution in [0.1, 0.15) is 25.7 Å². The minimum atomic E-state index is -0.0912. The molecular formula is C23H24N4O3. The Labute approximate surface area is 174 Å². The van der Waals surface area contributed by atoms with Crippen LogP contribution in [0.3, 0.4) is 0 Å². The van der Waals surface area contributed by atoms with Crippen LogP contribution in [0, 0.1) is 0 Å². The van der Waals surface area contributed by atoms with Crippen molar-refractivity contribution in [2.24, 2.45) is 0 Å². The largest absolute Gasteiger partial charge is 0.497 e. The fraction of sp³-hybridized carbons (Fsp3) is 0.261. The summed E-state index contributed by atoms with van der Waals surface area (Å²) >= 11 is 0. The van der Waals surface area contributed by atoms with Gasteiger partial charge in [0.15, 0.2) is 0 Å². The average molecular weight is 404 g/mol. The Morgan fingerprint density at radius 3 is 2.77 bits per heavy atom. The van der Waals surface area contributed by atoms with Gasteiger partial charge in [0.1, 0.15) is 5.75 Å².